The van der Waals surface area contributed by atoms with Crippen LogP contribution in [0, 0.1) is 0 Å². The van der Waals surface area contributed by atoms with Crippen molar-refractivity contribution in [2.45, 2.75) is 38.3 Å². The minimum absolute atomic E-state index is 0.195. The molecular formula is C25H24Cl3N3O2. The third kappa shape index (κ3) is 6.11. The molecule has 0 bridgehead atoms. The van der Waals surface area contributed by atoms with Crippen LogP contribution in [0.3, 0.4) is 0 Å². The van der Waals surface area contributed by atoms with Gasteiger partial charge in [0.1, 0.15) is 5.84 Å². The molecule has 2 aromatic carbocycles. The van der Waals surface area contributed by atoms with Crippen LogP contribution in [0.2, 0.25) is 15.1 Å². The maximum absolute atomic E-state index is 6.36. The monoisotopic (exact) mass is 503 g/mol. The lowest BCUT2D eigenvalue weighted by molar-refractivity contribution is 0.201. The number of aromatic nitrogens is 1. The predicted octanol–water partition coefficient (Wildman–Crippen LogP) is 7.43. The molecular weight excluding hydrogens is 481 g/mol. The van der Waals surface area contributed by atoms with Gasteiger partial charge in [-0.3, -0.25) is 9.98 Å². The van der Waals surface area contributed by atoms with Crippen molar-refractivity contribution in [1.29, 1.82) is 0 Å². The largest absolute Gasteiger partial charge is 0.493 e. The normalized spacial score (nSPS) is 14.4. The van der Waals surface area contributed by atoms with E-state index >= 15 is 0 Å². The van der Waals surface area contributed by atoms with Gasteiger partial charge < -0.3 is 14.8 Å². The Morgan fingerprint density at radius 1 is 1.00 bits per heavy atom. The van der Waals surface area contributed by atoms with Gasteiger partial charge in [-0.2, -0.15) is 0 Å². The van der Waals surface area contributed by atoms with Crippen LogP contribution in [0.15, 0.2) is 59.9 Å². The highest BCUT2D eigenvalue weighted by Crippen LogP contribution is 2.34. The number of halogens is 3. The summed E-state index contributed by atoms with van der Waals surface area (Å²) in [5.41, 5.74) is 2.38. The summed E-state index contributed by atoms with van der Waals surface area (Å²) in [4.78, 5) is 8.86. The fourth-order valence-corrected chi connectivity index (χ4v) is 4.30. The molecule has 1 fully saturated rings. The Labute approximate surface area is 208 Å². The molecule has 0 saturated heterocycles. The molecule has 0 spiro atoms. The molecule has 0 atom stereocenters. The van der Waals surface area contributed by atoms with Crippen LogP contribution < -0.4 is 14.8 Å². The number of nitrogens with one attached hydrogen (secondary N) is 1. The fraction of sp³-hybridized carbons (Fsp3) is 0.280. The number of aliphatic imine (C=N–C) groups is 1. The van der Waals surface area contributed by atoms with E-state index in [1.165, 1.54) is 25.2 Å². The zero-order valence-electron chi connectivity index (χ0n) is 18.2. The lowest BCUT2D eigenvalue weighted by Crippen LogP contribution is -2.16. The zero-order valence-corrected chi connectivity index (χ0v) is 20.4. The van der Waals surface area contributed by atoms with Gasteiger partial charge in [-0.1, -0.05) is 46.9 Å². The average Bonchev–Trinajstić information content (AvgIpc) is 3.32. The molecule has 1 aromatic heterocycles. The number of ether oxygens (including phenoxy) is 2. The molecule has 0 radical (unpaired) electrons. The van der Waals surface area contributed by atoms with E-state index in [1.54, 1.807) is 7.11 Å². The van der Waals surface area contributed by atoms with Gasteiger partial charge in [-0.15, -0.1) is 0 Å². The molecule has 0 unspecified atom stereocenters. The topological polar surface area (TPSA) is 55.7 Å². The summed E-state index contributed by atoms with van der Waals surface area (Å²) in [5.74, 6) is 1.97. The van der Waals surface area contributed by atoms with Gasteiger partial charge in [0.25, 0.3) is 0 Å². The number of anilines is 1. The first-order valence-electron chi connectivity index (χ1n) is 10.7. The van der Waals surface area contributed by atoms with E-state index in [9.17, 15) is 0 Å². The standard InChI is InChI=1S/C25H24Cl3N3O2/c1-32-22-11-8-17(12-23(22)33-19-4-2-3-5-19)25(30-13-16-6-9-18(26)10-7-16)31-24-20(27)14-29-15-21(24)28/h6-12,14-15,19H,2-5,13H2,1H3,(H,29,30,31). The number of benzene rings is 2. The predicted molar refractivity (Wildman–Crippen MR) is 135 cm³/mol. The fourth-order valence-electron chi connectivity index (χ4n) is 3.71. The summed E-state index contributed by atoms with van der Waals surface area (Å²) in [6.45, 7) is 0.435. The van der Waals surface area contributed by atoms with Crippen molar-refractivity contribution in [3.8, 4) is 11.5 Å². The second-order valence-electron chi connectivity index (χ2n) is 7.78. The molecule has 5 nitrogen and oxygen atoms in total. The number of amidine groups is 1. The number of hydrogen-bond donors (Lipinski definition) is 1. The Kier molecular flexibility index (Phi) is 7.97. The zero-order chi connectivity index (χ0) is 23.2. The van der Waals surface area contributed by atoms with Gasteiger partial charge in [0, 0.05) is 23.0 Å². The van der Waals surface area contributed by atoms with Crippen LogP contribution in [0.1, 0.15) is 36.8 Å². The van der Waals surface area contributed by atoms with Gasteiger partial charge in [0.05, 0.1) is 35.5 Å². The SMILES string of the molecule is COc1ccc(C(=NCc2ccc(Cl)cc2)Nc2c(Cl)cncc2Cl)cc1OC1CCCC1. The number of hydrogen-bond acceptors (Lipinski definition) is 4. The molecule has 1 N–H and O–H groups in total. The van der Waals surface area contributed by atoms with E-state index in [-0.39, 0.29) is 6.10 Å². The molecule has 172 valence electrons. The number of pyridine rings is 1. The Morgan fingerprint density at radius 2 is 1.70 bits per heavy atom. The highest BCUT2D eigenvalue weighted by atomic mass is 35.5. The van der Waals surface area contributed by atoms with E-state index in [2.05, 4.69) is 10.3 Å². The maximum Gasteiger partial charge on any atom is 0.162 e. The van der Waals surface area contributed by atoms with Crippen LogP contribution in [-0.2, 0) is 6.54 Å². The Bertz CT molecular complexity index is 1110. The van der Waals surface area contributed by atoms with Crippen LogP contribution in [0.25, 0.3) is 0 Å². The maximum atomic E-state index is 6.36. The van der Waals surface area contributed by atoms with Crippen molar-refractivity contribution in [2.24, 2.45) is 4.99 Å². The highest BCUT2D eigenvalue weighted by molar-refractivity contribution is 6.39. The molecule has 1 heterocycles. The minimum Gasteiger partial charge on any atom is -0.493 e. The van der Waals surface area contributed by atoms with E-state index < -0.39 is 0 Å². The molecule has 1 saturated carbocycles. The van der Waals surface area contributed by atoms with Crippen molar-refractivity contribution in [3.05, 3.63) is 81.1 Å². The summed E-state index contributed by atoms with van der Waals surface area (Å²) < 4.78 is 11.8. The lowest BCUT2D eigenvalue weighted by Gasteiger charge is -2.18. The highest BCUT2D eigenvalue weighted by Gasteiger charge is 2.20. The Balaban J connectivity index is 1.69. The van der Waals surface area contributed by atoms with Crippen molar-refractivity contribution in [2.75, 3.05) is 12.4 Å². The molecule has 3 aromatic rings. The van der Waals surface area contributed by atoms with Crippen LogP contribution in [0.4, 0.5) is 5.69 Å². The van der Waals surface area contributed by atoms with Crippen molar-refractivity contribution >= 4 is 46.3 Å². The first-order chi connectivity index (χ1) is 16.0. The number of rotatable bonds is 7. The smallest absolute Gasteiger partial charge is 0.162 e. The number of methoxy groups -OCH3 is 1. The molecule has 1 aliphatic carbocycles. The Morgan fingerprint density at radius 3 is 2.36 bits per heavy atom. The second kappa shape index (κ2) is 11.1. The second-order valence-corrected chi connectivity index (χ2v) is 9.04. The van der Waals surface area contributed by atoms with Crippen molar-refractivity contribution in [3.63, 3.8) is 0 Å². The summed E-state index contributed by atoms with van der Waals surface area (Å²) in [7, 11) is 1.64. The average molecular weight is 505 g/mol. The third-order valence-corrected chi connectivity index (χ3v) is 6.29. The van der Waals surface area contributed by atoms with E-state index in [4.69, 9.17) is 49.3 Å². The summed E-state index contributed by atoms with van der Waals surface area (Å²) >= 11 is 18.7. The van der Waals surface area contributed by atoms with Gasteiger partial charge >= 0.3 is 0 Å². The lowest BCUT2D eigenvalue weighted by atomic mass is 10.1. The minimum atomic E-state index is 0.195. The molecule has 33 heavy (non-hydrogen) atoms. The van der Waals surface area contributed by atoms with Crippen molar-refractivity contribution < 1.29 is 9.47 Å². The summed E-state index contributed by atoms with van der Waals surface area (Å²) in [5, 5.41) is 4.78. The van der Waals surface area contributed by atoms with Crippen molar-refractivity contribution in [1.82, 2.24) is 4.98 Å². The van der Waals surface area contributed by atoms with E-state index in [0.717, 1.165) is 24.0 Å². The van der Waals surface area contributed by atoms with Gasteiger partial charge in [0.2, 0.25) is 0 Å². The third-order valence-electron chi connectivity index (χ3n) is 5.46. The van der Waals surface area contributed by atoms with E-state index in [0.29, 0.717) is 44.6 Å². The van der Waals surface area contributed by atoms with Gasteiger partial charge in [-0.25, -0.2) is 0 Å². The Hall–Kier alpha value is -2.47. The quantitative estimate of drug-likeness (QED) is 0.268. The van der Waals surface area contributed by atoms with Gasteiger partial charge in [-0.05, 0) is 61.6 Å². The van der Waals surface area contributed by atoms with Gasteiger partial charge in [0.15, 0.2) is 11.5 Å². The molecule has 0 aliphatic heterocycles. The van der Waals surface area contributed by atoms with E-state index in [1.807, 2.05) is 42.5 Å². The number of nitrogens with zero attached hydrogens (tertiary/aromatic N) is 2. The summed E-state index contributed by atoms with van der Waals surface area (Å²) in [6.07, 6.45) is 7.73. The van der Waals surface area contributed by atoms with Crippen LogP contribution in [0.5, 0.6) is 11.5 Å². The van der Waals surface area contributed by atoms with Crippen LogP contribution >= 0.6 is 34.8 Å². The molecule has 0 amide bonds. The summed E-state index contributed by atoms with van der Waals surface area (Å²) in [6, 6.07) is 13.3. The molecule has 8 heteroatoms. The first-order valence-corrected chi connectivity index (χ1v) is 11.9. The molecule has 4 rings (SSSR count). The first kappa shape index (κ1) is 23.7. The molecule has 1 aliphatic rings. The van der Waals surface area contributed by atoms with Crippen LogP contribution in [-0.4, -0.2) is 24.0 Å².